The number of benzene rings is 2. The summed E-state index contributed by atoms with van der Waals surface area (Å²) in [5.74, 6) is -3.25. The monoisotopic (exact) mass is 277 g/mol. The summed E-state index contributed by atoms with van der Waals surface area (Å²) in [7, 11) is 0. The van der Waals surface area contributed by atoms with Crippen LogP contribution in [0.15, 0.2) is 42.5 Å². The van der Waals surface area contributed by atoms with E-state index < -0.39 is 23.6 Å². The summed E-state index contributed by atoms with van der Waals surface area (Å²) in [6.45, 7) is 1.91. The first kappa shape index (κ1) is 14.0. The van der Waals surface area contributed by atoms with Crippen LogP contribution in [-0.4, -0.2) is 11.1 Å². The SMILES string of the molecule is Cc1ccc(NC(C(=O)O)c2ccc(F)c(F)c2)cc1. The molecule has 0 bridgehead atoms. The van der Waals surface area contributed by atoms with E-state index in [1.807, 2.05) is 19.1 Å². The third-order valence-electron chi connectivity index (χ3n) is 2.89. The minimum Gasteiger partial charge on any atom is -0.479 e. The number of aliphatic carboxylic acids is 1. The van der Waals surface area contributed by atoms with Crippen molar-refractivity contribution in [3.05, 3.63) is 65.2 Å². The Balaban J connectivity index is 2.29. The lowest BCUT2D eigenvalue weighted by atomic mass is 10.1. The Bertz CT molecular complexity index is 626. The minimum absolute atomic E-state index is 0.150. The minimum atomic E-state index is -1.17. The molecule has 0 amide bonds. The van der Waals surface area contributed by atoms with Crippen LogP contribution in [0.25, 0.3) is 0 Å². The molecule has 20 heavy (non-hydrogen) atoms. The summed E-state index contributed by atoms with van der Waals surface area (Å²) in [6.07, 6.45) is 0. The van der Waals surface area contributed by atoms with Crippen LogP contribution in [0.1, 0.15) is 17.2 Å². The molecule has 2 aromatic carbocycles. The van der Waals surface area contributed by atoms with Crippen LogP contribution < -0.4 is 5.32 Å². The molecule has 2 rings (SSSR count). The van der Waals surface area contributed by atoms with E-state index in [2.05, 4.69) is 5.32 Å². The predicted molar refractivity (Wildman–Crippen MR) is 71.5 cm³/mol. The molecule has 0 heterocycles. The number of carboxylic acid groups (broad SMARTS) is 1. The Hall–Kier alpha value is -2.43. The van der Waals surface area contributed by atoms with Gasteiger partial charge in [-0.15, -0.1) is 0 Å². The van der Waals surface area contributed by atoms with Crippen LogP contribution in [0.3, 0.4) is 0 Å². The van der Waals surface area contributed by atoms with Gasteiger partial charge in [-0.25, -0.2) is 13.6 Å². The number of rotatable bonds is 4. The van der Waals surface area contributed by atoms with Crippen LogP contribution in [0.2, 0.25) is 0 Å². The fraction of sp³-hybridized carbons (Fsp3) is 0.133. The Labute approximate surface area is 114 Å². The van der Waals surface area contributed by atoms with Crippen LogP contribution in [-0.2, 0) is 4.79 Å². The summed E-state index contributed by atoms with van der Waals surface area (Å²) in [6, 6.07) is 9.01. The van der Waals surface area contributed by atoms with Crippen molar-refractivity contribution in [2.24, 2.45) is 0 Å². The Kier molecular flexibility index (Phi) is 3.98. The van der Waals surface area contributed by atoms with Gasteiger partial charge < -0.3 is 10.4 Å². The highest BCUT2D eigenvalue weighted by Gasteiger charge is 2.21. The molecule has 0 saturated carbocycles. The van der Waals surface area contributed by atoms with Crippen molar-refractivity contribution in [1.82, 2.24) is 0 Å². The van der Waals surface area contributed by atoms with Gasteiger partial charge in [0, 0.05) is 5.69 Å². The second-order valence-corrected chi connectivity index (χ2v) is 4.46. The molecular weight excluding hydrogens is 264 g/mol. The highest BCUT2D eigenvalue weighted by Crippen LogP contribution is 2.22. The predicted octanol–water partition coefficient (Wildman–Crippen LogP) is 3.51. The zero-order valence-electron chi connectivity index (χ0n) is 10.7. The number of nitrogens with one attached hydrogen (secondary N) is 1. The zero-order chi connectivity index (χ0) is 14.7. The average molecular weight is 277 g/mol. The van der Waals surface area contributed by atoms with Gasteiger partial charge in [0.2, 0.25) is 0 Å². The largest absolute Gasteiger partial charge is 0.479 e. The molecular formula is C15H13F2NO2. The zero-order valence-corrected chi connectivity index (χ0v) is 10.7. The summed E-state index contributed by atoms with van der Waals surface area (Å²) in [5, 5.41) is 12.0. The molecule has 2 N–H and O–H groups in total. The summed E-state index contributed by atoms with van der Waals surface area (Å²) in [4.78, 5) is 11.3. The van der Waals surface area contributed by atoms with Gasteiger partial charge in [0.05, 0.1) is 0 Å². The number of hydrogen-bond acceptors (Lipinski definition) is 2. The van der Waals surface area contributed by atoms with Crippen molar-refractivity contribution in [1.29, 1.82) is 0 Å². The van der Waals surface area contributed by atoms with E-state index in [4.69, 9.17) is 0 Å². The Morgan fingerprint density at radius 2 is 1.75 bits per heavy atom. The maximum atomic E-state index is 13.2. The fourth-order valence-electron chi connectivity index (χ4n) is 1.80. The molecule has 0 fully saturated rings. The van der Waals surface area contributed by atoms with Gasteiger partial charge in [0.1, 0.15) is 0 Å². The van der Waals surface area contributed by atoms with E-state index in [0.717, 1.165) is 17.7 Å². The lowest BCUT2D eigenvalue weighted by Crippen LogP contribution is -2.20. The first-order valence-corrected chi connectivity index (χ1v) is 5.98. The van der Waals surface area contributed by atoms with Crippen LogP contribution >= 0.6 is 0 Å². The first-order chi connectivity index (χ1) is 9.47. The van der Waals surface area contributed by atoms with Crippen molar-refractivity contribution in [2.45, 2.75) is 13.0 Å². The van der Waals surface area contributed by atoms with Crippen molar-refractivity contribution < 1.29 is 18.7 Å². The Morgan fingerprint density at radius 3 is 2.30 bits per heavy atom. The molecule has 5 heteroatoms. The molecule has 1 atom stereocenters. The summed E-state index contributed by atoms with van der Waals surface area (Å²) >= 11 is 0. The second-order valence-electron chi connectivity index (χ2n) is 4.46. The number of aryl methyl sites for hydroxylation is 1. The van der Waals surface area contributed by atoms with Crippen molar-refractivity contribution in [2.75, 3.05) is 5.32 Å². The van der Waals surface area contributed by atoms with Gasteiger partial charge in [-0.1, -0.05) is 23.8 Å². The molecule has 1 unspecified atom stereocenters. The van der Waals surface area contributed by atoms with E-state index in [1.165, 1.54) is 6.07 Å². The van der Waals surface area contributed by atoms with E-state index in [9.17, 15) is 18.7 Å². The van der Waals surface area contributed by atoms with E-state index >= 15 is 0 Å². The topological polar surface area (TPSA) is 49.3 Å². The molecule has 0 aliphatic rings. The number of anilines is 1. The van der Waals surface area contributed by atoms with Gasteiger partial charge in [-0.2, -0.15) is 0 Å². The number of carbonyl (C=O) groups is 1. The van der Waals surface area contributed by atoms with E-state index in [-0.39, 0.29) is 5.56 Å². The normalized spacial score (nSPS) is 11.9. The quantitative estimate of drug-likeness (QED) is 0.899. The van der Waals surface area contributed by atoms with Crippen molar-refractivity contribution in [3.63, 3.8) is 0 Å². The maximum absolute atomic E-state index is 13.2. The van der Waals surface area contributed by atoms with Crippen LogP contribution in [0.5, 0.6) is 0 Å². The first-order valence-electron chi connectivity index (χ1n) is 5.98. The molecule has 0 aromatic heterocycles. The number of halogens is 2. The van der Waals surface area contributed by atoms with Gasteiger partial charge >= 0.3 is 5.97 Å². The molecule has 0 radical (unpaired) electrons. The third-order valence-corrected chi connectivity index (χ3v) is 2.89. The molecule has 3 nitrogen and oxygen atoms in total. The summed E-state index contributed by atoms with van der Waals surface area (Å²) < 4.78 is 26.1. The smallest absolute Gasteiger partial charge is 0.330 e. The number of hydrogen-bond donors (Lipinski definition) is 2. The molecule has 0 aliphatic carbocycles. The highest BCUT2D eigenvalue weighted by atomic mass is 19.2. The standard InChI is InChI=1S/C15H13F2NO2/c1-9-2-5-11(6-3-9)18-14(15(19)20)10-4-7-12(16)13(17)8-10/h2-8,14,18H,1H3,(H,19,20). The second kappa shape index (κ2) is 5.69. The van der Waals surface area contributed by atoms with Crippen LogP contribution in [0, 0.1) is 18.6 Å². The van der Waals surface area contributed by atoms with E-state index in [1.54, 1.807) is 12.1 Å². The Morgan fingerprint density at radius 1 is 1.10 bits per heavy atom. The van der Waals surface area contributed by atoms with E-state index in [0.29, 0.717) is 5.69 Å². The molecule has 0 spiro atoms. The van der Waals surface area contributed by atoms with Gasteiger partial charge in [0.15, 0.2) is 17.7 Å². The number of carboxylic acids is 1. The lowest BCUT2D eigenvalue weighted by Gasteiger charge is -2.16. The molecule has 0 aliphatic heterocycles. The molecule has 0 saturated heterocycles. The van der Waals surface area contributed by atoms with Crippen molar-refractivity contribution in [3.8, 4) is 0 Å². The van der Waals surface area contributed by atoms with Gasteiger partial charge in [-0.3, -0.25) is 0 Å². The molecule has 104 valence electrons. The van der Waals surface area contributed by atoms with Gasteiger partial charge in [0.25, 0.3) is 0 Å². The van der Waals surface area contributed by atoms with Gasteiger partial charge in [-0.05, 0) is 36.8 Å². The van der Waals surface area contributed by atoms with Crippen LogP contribution in [0.4, 0.5) is 14.5 Å². The fourth-order valence-corrected chi connectivity index (χ4v) is 1.80. The summed E-state index contributed by atoms with van der Waals surface area (Å²) in [5.41, 5.74) is 1.78. The average Bonchev–Trinajstić information content (AvgIpc) is 2.41. The molecule has 2 aromatic rings. The maximum Gasteiger partial charge on any atom is 0.330 e. The van der Waals surface area contributed by atoms with Crippen molar-refractivity contribution >= 4 is 11.7 Å². The third kappa shape index (κ3) is 3.12. The lowest BCUT2D eigenvalue weighted by molar-refractivity contribution is -0.138. The highest BCUT2D eigenvalue weighted by molar-refractivity contribution is 5.79.